The fourth-order valence-corrected chi connectivity index (χ4v) is 2.57. The van der Waals surface area contributed by atoms with Gasteiger partial charge in [0, 0.05) is 6.20 Å². The van der Waals surface area contributed by atoms with Crippen LogP contribution in [0.1, 0.15) is 31.8 Å². The molecular weight excluding hydrogens is 462 g/mol. The molecule has 3 N–H and O–H groups in total. The third-order valence-corrected chi connectivity index (χ3v) is 4.43. The lowest BCUT2D eigenvalue weighted by atomic mass is 10.1. The molecule has 2 aromatic rings. The van der Waals surface area contributed by atoms with Gasteiger partial charge in [-0.3, -0.25) is 4.79 Å². The second kappa shape index (κ2) is 12.5. The highest BCUT2D eigenvalue weighted by atomic mass is 16.6. The summed E-state index contributed by atoms with van der Waals surface area (Å²) in [5.74, 6) is -5.72. The summed E-state index contributed by atoms with van der Waals surface area (Å²) in [7, 11) is 0. The van der Waals surface area contributed by atoms with Crippen LogP contribution in [0.2, 0.25) is 0 Å². The number of hydrogen-bond donors (Lipinski definition) is 3. The van der Waals surface area contributed by atoms with Crippen LogP contribution in [0, 0.1) is 13.8 Å². The van der Waals surface area contributed by atoms with E-state index in [4.69, 9.17) is 9.47 Å². The molecular formula is C24H23NO10. The second-order valence-corrected chi connectivity index (χ2v) is 7.24. The zero-order valence-corrected chi connectivity index (χ0v) is 18.8. The molecule has 0 radical (unpaired) electrons. The van der Waals surface area contributed by atoms with Gasteiger partial charge in [-0.2, -0.15) is 0 Å². The lowest BCUT2D eigenvalue weighted by molar-refractivity contribution is -0.166. The smallest absolute Gasteiger partial charge is 0.349 e. The minimum Gasteiger partial charge on any atom is -0.490 e. The maximum absolute atomic E-state index is 12.2. The molecule has 0 fully saturated rings. The van der Waals surface area contributed by atoms with Crippen molar-refractivity contribution >= 4 is 29.8 Å². The van der Waals surface area contributed by atoms with Gasteiger partial charge in [-0.25, -0.2) is 19.2 Å². The van der Waals surface area contributed by atoms with Crippen LogP contribution < -0.4 is 5.32 Å². The Morgan fingerprint density at radius 1 is 0.800 bits per heavy atom. The highest BCUT2D eigenvalue weighted by molar-refractivity contribution is 5.95. The zero-order valence-electron chi connectivity index (χ0n) is 18.8. The summed E-state index contributed by atoms with van der Waals surface area (Å²) >= 11 is 0. The largest absolute Gasteiger partial charge is 0.490 e. The third kappa shape index (κ3) is 8.31. The molecule has 1 aliphatic heterocycles. The first-order valence-electron chi connectivity index (χ1n) is 10.2. The molecule has 184 valence electrons. The fraction of sp³-hybridized carbons (Fsp3) is 0.208. The number of carboxylic acids is 2. The maximum atomic E-state index is 12.2. The van der Waals surface area contributed by atoms with Gasteiger partial charge >= 0.3 is 23.9 Å². The van der Waals surface area contributed by atoms with Crippen molar-refractivity contribution in [2.24, 2.45) is 0 Å². The number of nitrogens with one attached hydrogen (secondary N) is 1. The molecule has 2 aromatic carbocycles. The standard InChI is InChI=1S/C20H18O8.C4H5NO2/c1-11-3-7-13(8-4-11)19(25)27-15(17(21)22)16(18(23)24)28-20(26)14-9-5-12(2)6-10-14;6-4-3-7-2-1-5-4/h3-10,15-16H,1-2H3,(H,21,22)(H,23,24);1-2H,3H2,(H,5,6)/t15-,16-;/m0./s1. The number of carboxylic acid groups (broad SMARTS) is 2. The average molecular weight is 485 g/mol. The Balaban J connectivity index is 0.000000527. The molecule has 1 amide bonds. The predicted molar refractivity (Wildman–Crippen MR) is 119 cm³/mol. The predicted octanol–water partition coefficient (Wildman–Crippen LogP) is 1.83. The first-order valence-corrected chi connectivity index (χ1v) is 10.2. The highest BCUT2D eigenvalue weighted by Crippen LogP contribution is 2.14. The summed E-state index contributed by atoms with van der Waals surface area (Å²) in [4.78, 5) is 57.5. The summed E-state index contributed by atoms with van der Waals surface area (Å²) in [5.41, 5.74) is 1.79. The van der Waals surface area contributed by atoms with E-state index in [0.29, 0.717) is 0 Å². The first-order chi connectivity index (χ1) is 16.6. The molecule has 11 nitrogen and oxygen atoms in total. The number of rotatable bonds is 7. The van der Waals surface area contributed by atoms with Crippen molar-refractivity contribution in [2.75, 3.05) is 6.61 Å². The van der Waals surface area contributed by atoms with E-state index in [1.807, 2.05) is 0 Å². The molecule has 0 bridgehead atoms. The molecule has 2 atom stereocenters. The number of ether oxygens (including phenoxy) is 3. The van der Waals surface area contributed by atoms with Gasteiger partial charge in [-0.15, -0.1) is 0 Å². The van der Waals surface area contributed by atoms with Gasteiger partial charge in [-0.05, 0) is 38.1 Å². The Morgan fingerprint density at radius 2 is 1.20 bits per heavy atom. The van der Waals surface area contributed by atoms with Crippen molar-refractivity contribution in [3.8, 4) is 0 Å². The zero-order chi connectivity index (χ0) is 26.0. The van der Waals surface area contributed by atoms with E-state index in [1.54, 1.807) is 38.1 Å². The summed E-state index contributed by atoms with van der Waals surface area (Å²) in [5, 5.41) is 21.1. The van der Waals surface area contributed by atoms with E-state index in [2.05, 4.69) is 10.1 Å². The molecule has 3 rings (SSSR count). The molecule has 0 saturated heterocycles. The van der Waals surface area contributed by atoms with Gasteiger partial charge in [0.2, 0.25) is 12.2 Å². The van der Waals surface area contributed by atoms with Crippen LogP contribution in [0.15, 0.2) is 61.0 Å². The van der Waals surface area contributed by atoms with Crippen molar-refractivity contribution in [3.63, 3.8) is 0 Å². The molecule has 0 spiro atoms. The number of carbonyl (C=O) groups excluding carboxylic acids is 3. The normalized spacial score (nSPS) is 13.6. The van der Waals surface area contributed by atoms with E-state index in [1.165, 1.54) is 36.7 Å². The molecule has 0 unspecified atom stereocenters. The van der Waals surface area contributed by atoms with Gasteiger partial charge in [-0.1, -0.05) is 35.4 Å². The van der Waals surface area contributed by atoms with E-state index < -0.39 is 36.1 Å². The van der Waals surface area contributed by atoms with Crippen LogP contribution in [0.25, 0.3) is 0 Å². The number of aryl methyl sites for hydroxylation is 2. The van der Waals surface area contributed by atoms with Crippen molar-refractivity contribution in [3.05, 3.63) is 83.2 Å². The number of carbonyl (C=O) groups is 5. The quantitative estimate of drug-likeness (QED) is 0.493. The molecule has 1 heterocycles. The van der Waals surface area contributed by atoms with Crippen molar-refractivity contribution < 1.29 is 48.4 Å². The summed E-state index contributed by atoms with van der Waals surface area (Å²) < 4.78 is 14.2. The summed E-state index contributed by atoms with van der Waals surface area (Å²) in [6, 6.07) is 12.1. The monoisotopic (exact) mass is 485 g/mol. The van der Waals surface area contributed by atoms with E-state index >= 15 is 0 Å². The molecule has 0 aromatic heterocycles. The molecule has 35 heavy (non-hydrogen) atoms. The second-order valence-electron chi connectivity index (χ2n) is 7.24. The van der Waals surface area contributed by atoms with E-state index in [-0.39, 0.29) is 23.6 Å². The fourth-order valence-electron chi connectivity index (χ4n) is 2.57. The maximum Gasteiger partial charge on any atom is 0.349 e. The first kappa shape index (κ1) is 26.6. The highest BCUT2D eigenvalue weighted by Gasteiger charge is 2.41. The Morgan fingerprint density at radius 3 is 1.46 bits per heavy atom. The summed E-state index contributed by atoms with van der Waals surface area (Å²) in [6.45, 7) is 3.73. The van der Waals surface area contributed by atoms with E-state index in [0.717, 1.165) is 11.1 Å². The van der Waals surface area contributed by atoms with Crippen molar-refractivity contribution in [1.82, 2.24) is 5.32 Å². The lowest BCUT2D eigenvalue weighted by Gasteiger charge is -2.21. The van der Waals surface area contributed by atoms with Crippen LogP contribution in [-0.4, -0.2) is 58.8 Å². The van der Waals surface area contributed by atoms with Gasteiger partial charge in [0.1, 0.15) is 0 Å². The van der Waals surface area contributed by atoms with Gasteiger partial charge in [0.25, 0.3) is 5.91 Å². The third-order valence-electron chi connectivity index (χ3n) is 4.43. The Hall–Kier alpha value is -4.67. The topological polar surface area (TPSA) is 166 Å². The van der Waals surface area contributed by atoms with Crippen LogP contribution in [0.3, 0.4) is 0 Å². The van der Waals surface area contributed by atoms with Gasteiger partial charge < -0.3 is 29.7 Å². The van der Waals surface area contributed by atoms with Crippen LogP contribution in [0.4, 0.5) is 0 Å². The average Bonchev–Trinajstić information content (AvgIpc) is 2.82. The summed E-state index contributed by atoms with van der Waals surface area (Å²) in [6.07, 6.45) is -1.53. The van der Waals surface area contributed by atoms with E-state index in [9.17, 15) is 34.2 Å². The molecule has 11 heteroatoms. The Kier molecular flexibility index (Phi) is 9.52. The number of benzene rings is 2. The van der Waals surface area contributed by atoms with Crippen LogP contribution in [-0.2, 0) is 28.6 Å². The van der Waals surface area contributed by atoms with Crippen molar-refractivity contribution in [1.29, 1.82) is 0 Å². The van der Waals surface area contributed by atoms with Crippen LogP contribution >= 0.6 is 0 Å². The number of esters is 2. The lowest BCUT2D eigenvalue weighted by Crippen LogP contribution is -2.45. The number of amides is 1. The molecule has 0 aliphatic carbocycles. The number of aliphatic carboxylic acids is 2. The molecule has 1 aliphatic rings. The Bertz CT molecular complexity index is 1030. The SMILES string of the molecule is Cc1ccc(C(=O)O[C@H](C(=O)O)[C@H](OC(=O)c2ccc(C)cc2)C(=O)O)cc1.O=C1COC=CN1. The minimum absolute atomic E-state index is 0.0332. The van der Waals surface area contributed by atoms with Crippen molar-refractivity contribution in [2.45, 2.75) is 26.1 Å². The number of hydrogen-bond acceptors (Lipinski definition) is 8. The van der Waals surface area contributed by atoms with Gasteiger partial charge in [0.05, 0.1) is 17.4 Å². The molecule has 0 saturated carbocycles. The minimum atomic E-state index is -2.22. The van der Waals surface area contributed by atoms with Crippen LogP contribution in [0.5, 0.6) is 0 Å². The van der Waals surface area contributed by atoms with Gasteiger partial charge in [0.15, 0.2) is 6.61 Å². The Labute approximate surface area is 199 Å².